The van der Waals surface area contributed by atoms with Crippen molar-refractivity contribution in [1.29, 1.82) is 0 Å². The fourth-order valence-electron chi connectivity index (χ4n) is 0. The minimum absolute atomic E-state index is 0.417. The third-order valence-corrected chi connectivity index (χ3v) is 0. The summed E-state index contributed by atoms with van der Waals surface area (Å²) in [6.07, 6.45) is 0. The molecule has 0 aliphatic heterocycles. The summed E-state index contributed by atoms with van der Waals surface area (Å²) < 4.78 is 0. The maximum atomic E-state index is 2.72. The molecule has 1 atom stereocenters. The minimum atomic E-state index is -0.543. The normalized spacial score (nSPS) is 10.2. The number of hydrogen-bond acceptors (Lipinski definition) is 0. The van der Waals surface area contributed by atoms with Gasteiger partial charge in [0.15, 0.2) is 0 Å². The quantitative estimate of drug-likeness (QED) is 0.405. The Morgan fingerprint density at radius 2 is 0.692 bits per heavy atom. The number of hydrogen-bond donors (Lipinski definition) is 0. The first-order valence-electron chi connectivity index (χ1n) is 4.79. The summed E-state index contributed by atoms with van der Waals surface area (Å²) in [7, 11) is 2.72. The average molecular weight is 418 g/mol. The van der Waals surface area contributed by atoms with Gasteiger partial charge >= 0.3 is 69.2 Å². The van der Waals surface area contributed by atoms with Gasteiger partial charge in [-0.3, -0.25) is 0 Å². The van der Waals surface area contributed by atoms with Crippen molar-refractivity contribution in [2.24, 2.45) is 0 Å². The van der Waals surface area contributed by atoms with Crippen LogP contribution in [0.25, 0.3) is 0 Å². The Balaban J connectivity index is -0.000000117. The molecule has 2 radical (unpaired) electrons. The van der Waals surface area contributed by atoms with Crippen molar-refractivity contribution in [2.75, 3.05) is 0 Å². The summed E-state index contributed by atoms with van der Waals surface area (Å²) in [5.41, 5.74) is 0. The Labute approximate surface area is 103 Å². The van der Waals surface area contributed by atoms with E-state index in [1.807, 2.05) is 0 Å². The average Bonchev–Trinajstić information content (AvgIpc) is 1.50. The van der Waals surface area contributed by atoms with Crippen LogP contribution in [0.4, 0.5) is 0 Å². The number of rotatable bonds is 0. The molecule has 0 amide bonds. The Bertz CT molecular complexity index is 67.9. The molecule has 1 unspecified atom stereocenters. The van der Waals surface area contributed by atoms with Gasteiger partial charge in [0, 0.05) is 0 Å². The van der Waals surface area contributed by atoms with E-state index in [9.17, 15) is 0 Å². The Hall–Kier alpha value is 2.03. The second-order valence-corrected chi connectivity index (χ2v) is 24.2. The van der Waals surface area contributed by atoms with Crippen molar-refractivity contribution in [3.8, 4) is 0 Å². The molecule has 0 bridgehead atoms. The molecule has 0 spiro atoms. The molecule has 0 heterocycles. The first kappa shape index (κ1) is 20.4. The van der Waals surface area contributed by atoms with Gasteiger partial charge in [0.1, 0.15) is 0 Å². The molecule has 0 aliphatic rings. The van der Waals surface area contributed by atoms with Crippen LogP contribution >= 0.6 is 9.24 Å². The van der Waals surface area contributed by atoms with E-state index in [2.05, 4.69) is 59.6 Å². The molecular weight excluding hydrogens is 389 g/mol. The second-order valence-electron chi connectivity index (χ2n) is 5.37. The van der Waals surface area contributed by atoms with Gasteiger partial charge in [-0.15, -0.1) is 9.24 Å². The van der Waals surface area contributed by atoms with Crippen LogP contribution in [-0.4, -0.2) is 44.7 Å². The zero-order chi connectivity index (χ0) is 11.7. The van der Waals surface area contributed by atoms with Crippen molar-refractivity contribution in [3.05, 3.63) is 0 Å². The Morgan fingerprint density at radius 1 is 0.692 bits per heavy atom. The standard InChI is InChI=1S/C4H11P.6CH3.2Sn/c1-4(2,3)5;;;;;;;;/h5H2,1-3H3;6*1H3;;. The molecule has 0 aromatic heterocycles. The van der Waals surface area contributed by atoms with Crippen molar-refractivity contribution < 1.29 is 0 Å². The van der Waals surface area contributed by atoms with Crippen LogP contribution in [0.2, 0.25) is 29.6 Å². The summed E-state index contributed by atoms with van der Waals surface area (Å²) in [4.78, 5) is 14.2. The summed E-state index contributed by atoms with van der Waals surface area (Å²) in [6.45, 7) is 6.45. The van der Waals surface area contributed by atoms with Crippen molar-refractivity contribution in [1.82, 2.24) is 0 Å². The summed E-state index contributed by atoms with van der Waals surface area (Å²) in [5.74, 6) is 0. The molecule has 0 saturated carbocycles. The van der Waals surface area contributed by atoms with Gasteiger partial charge in [0.05, 0.1) is 0 Å². The SMILES string of the molecule is CC(C)(C)P.[CH3][Sn]([CH3])[CH3].[CH3][Sn]([CH3])[CH3]. The van der Waals surface area contributed by atoms with Gasteiger partial charge in [0.25, 0.3) is 0 Å². The molecule has 0 aromatic rings. The van der Waals surface area contributed by atoms with Crippen LogP contribution < -0.4 is 0 Å². The molecule has 82 valence electrons. The van der Waals surface area contributed by atoms with Crippen molar-refractivity contribution in [2.45, 2.75) is 55.6 Å². The fourth-order valence-corrected chi connectivity index (χ4v) is 0. The van der Waals surface area contributed by atoms with Crippen LogP contribution in [0.1, 0.15) is 20.8 Å². The van der Waals surface area contributed by atoms with E-state index in [1.54, 1.807) is 0 Å². The van der Waals surface area contributed by atoms with E-state index in [4.69, 9.17) is 0 Å². The third kappa shape index (κ3) is 494. The maximum absolute atomic E-state index is 2.72. The van der Waals surface area contributed by atoms with Gasteiger partial charge in [-0.2, -0.15) is 0 Å². The van der Waals surface area contributed by atoms with E-state index >= 15 is 0 Å². The molecule has 0 rings (SSSR count). The molecule has 0 aliphatic carbocycles. The van der Waals surface area contributed by atoms with Crippen LogP contribution in [0.15, 0.2) is 0 Å². The van der Waals surface area contributed by atoms with Crippen molar-refractivity contribution >= 4 is 48.8 Å². The zero-order valence-corrected chi connectivity index (χ0v) is 17.9. The van der Waals surface area contributed by atoms with Crippen LogP contribution in [0, 0.1) is 0 Å². The van der Waals surface area contributed by atoms with Crippen LogP contribution in [0.3, 0.4) is 0 Å². The molecule has 0 N–H and O–H groups in total. The van der Waals surface area contributed by atoms with Gasteiger partial charge < -0.3 is 0 Å². The molecule has 3 heteroatoms. The molecule has 0 saturated heterocycles. The third-order valence-electron chi connectivity index (χ3n) is 0. The van der Waals surface area contributed by atoms with Gasteiger partial charge in [-0.25, -0.2) is 0 Å². The zero-order valence-electron chi connectivity index (χ0n) is 11.1. The topological polar surface area (TPSA) is 0 Å². The molecular formula is C10H29PSn2. The predicted molar refractivity (Wildman–Crippen MR) is 76.2 cm³/mol. The summed E-state index contributed by atoms with van der Waals surface area (Å²) in [5, 5.41) is 0.417. The van der Waals surface area contributed by atoms with E-state index in [0.29, 0.717) is 5.16 Å². The van der Waals surface area contributed by atoms with E-state index < -0.39 is 39.5 Å². The van der Waals surface area contributed by atoms with E-state index in [1.165, 1.54) is 0 Å². The predicted octanol–water partition coefficient (Wildman–Crippen LogP) is 4.40. The monoisotopic (exact) mass is 420 g/mol. The van der Waals surface area contributed by atoms with Crippen molar-refractivity contribution in [3.63, 3.8) is 0 Å². The van der Waals surface area contributed by atoms with Crippen LogP contribution in [0.5, 0.6) is 0 Å². The molecule has 0 fully saturated rings. The van der Waals surface area contributed by atoms with E-state index in [-0.39, 0.29) is 0 Å². The second kappa shape index (κ2) is 12.1. The van der Waals surface area contributed by atoms with Crippen LogP contribution in [-0.2, 0) is 0 Å². The molecule has 13 heavy (non-hydrogen) atoms. The van der Waals surface area contributed by atoms with E-state index in [0.717, 1.165) is 0 Å². The summed E-state index contributed by atoms with van der Waals surface area (Å²) in [6, 6.07) is 0. The van der Waals surface area contributed by atoms with Gasteiger partial charge in [-0.05, 0) is 5.16 Å². The van der Waals surface area contributed by atoms with Gasteiger partial charge in [0.2, 0.25) is 0 Å². The first-order chi connectivity index (χ1) is 5.46. The first-order valence-corrected chi connectivity index (χ1v) is 22.5. The summed E-state index contributed by atoms with van der Waals surface area (Å²) >= 11 is -1.09. The molecule has 0 nitrogen and oxygen atoms in total. The Kier molecular flexibility index (Phi) is 19.0. The Morgan fingerprint density at radius 3 is 0.692 bits per heavy atom. The molecule has 0 aromatic carbocycles. The fraction of sp³-hybridized carbons (Fsp3) is 1.00. The van der Waals surface area contributed by atoms with Gasteiger partial charge in [-0.1, -0.05) is 20.8 Å².